The fraction of sp³-hybridized carbons (Fsp3) is 0.412. The van der Waals surface area contributed by atoms with Gasteiger partial charge in [-0.15, -0.1) is 12.4 Å². The van der Waals surface area contributed by atoms with Crippen LogP contribution in [0.4, 0.5) is 5.69 Å². The Kier molecular flexibility index (Phi) is 6.83. The predicted molar refractivity (Wildman–Crippen MR) is 101 cm³/mol. The van der Waals surface area contributed by atoms with Crippen molar-refractivity contribution in [3.05, 3.63) is 46.7 Å². The summed E-state index contributed by atoms with van der Waals surface area (Å²) in [6.45, 7) is 4.72. The summed E-state index contributed by atoms with van der Waals surface area (Å²) in [7, 11) is 0. The Hall–Kier alpha value is -1.37. The first-order valence-corrected chi connectivity index (χ1v) is 8.69. The molecular weight excluding hydrogens is 392 g/mol. The van der Waals surface area contributed by atoms with Crippen molar-refractivity contribution in [2.24, 2.45) is 11.8 Å². The summed E-state index contributed by atoms with van der Waals surface area (Å²) in [5.74, 6) is 0.613. The molecule has 130 valence electrons. The predicted octanol–water partition coefficient (Wildman–Crippen LogP) is 3.10. The second-order valence-electron chi connectivity index (χ2n) is 6.06. The molecule has 7 heteroatoms. The zero-order valence-electron chi connectivity index (χ0n) is 13.5. The Bertz CT molecular complexity index is 669. The number of hydrogen-bond acceptors (Lipinski definition) is 3. The van der Waals surface area contributed by atoms with E-state index in [2.05, 4.69) is 43.8 Å². The number of aryl methyl sites for hydroxylation is 2. The van der Waals surface area contributed by atoms with Crippen LogP contribution in [0, 0.1) is 11.8 Å². The number of nitrogens with one attached hydrogen (secondary N) is 2. The summed E-state index contributed by atoms with van der Waals surface area (Å²) in [6.07, 6.45) is 4.66. The average molecular weight is 414 g/mol. The molecule has 2 heterocycles. The highest BCUT2D eigenvalue weighted by molar-refractivity contribution is 9.10. The average Bonchev–Trinajstić information content (AvgIpc) is 2.90. The standard InChI is InChI=1S/C17H21BrN4O.ClH/c1-12(14-8-19-9-14)17(23)21-16-4-2-13(3-5-16)6-7-22-11-15(18)10-20-22;/h2-5,10-12,14,19H,6-9H2,1H3,(H,21,23);1H. The molecule has 24 heavy (non-hydrogen) atoms. The number of carbonyl (C=O) groups is 1. The van der Waals surface area contributed by atoms with Crippen LogP contribution in [0.5, 0.6) is 0 Å². The number of carbonyl (C=O) groups excluding carboxylic acids is 1. The Morgan fingerprint density at radius 2 is 2.12 bits per heavy atom. The van der Waals surface area contributed by atoms with Gasteiger partial charge in [-0.1, -0.05) is 19.1 Å². The van der Waals surface area contributed by atoms with Gasteiger partial charge in [-0.2, -0.15) is 5.10 Å². The lowest BCUT2D eigenvalue weighted by Gasteiger charge is -2.31. The lowest BCUT2D eigenvalue weighted by atomic mass is 9.88. The van der Waals surface area contributed by atoms with E-state index in [9.17, 15) is 4.79 Å². The minimum absolute atomic E-state index is 0. The monoisotopic (exact) mass is 412 g/mol. The topological polar surface area (TPSA) is 59.0 Å². The lowest BCUT2D eigenvalue weighted by molar-refractivity contribution is -0.121. The molecule has 0 spiro atoms. The van der Waals surface area contributed by atoms with Gasteiger partial charge in [-0.25, -0.2) is 0 Å². The maximum Gasteiger partial charge on any atom is 0.227 e. The molecule has 0 radical (unpaired) electrons. The van der Waals surface area contributed by atoms with Crippen molar-refractivity contribution in [1.29, 1.82) is 0 Å². The molecule has 0 saturated carbocycles. The number of halogens is 2. The minimum Gasteiger partial charge on any atom is -0.326 e. The Balaban J connectivity index is 0.00000208. The smallest absolute Gasteiger partial charge is 0.227 e. The third-order valence-electron chi connectivity index (χ3n) is 4.39. The van der Waals surface area contributed by atoms with Crippen LogP contribution in [-0.2, 0) is 17.8 Å². The number of benzene rings is 1. The van der Waals surface area contributed by atoms with Gasteiger partial charge in [0.05, 0.1) is 10.7 Å². The van der Waals surface area contributed by atoms with Crippen molar-refractivity contribution in [1.82, 2.24) is 15.1 Å². The van der Waals surface area contributed by atoms with Gasteiger partial charge in [-0.3, -0.25) is 9.48 Å². The van der Waals surface area contributed by atoms with E-state index in [4.69, 9.17) is 0 Å². The molecule has 1 aliphatic rings. The lowest BCUT2D eigenvalue weighted by Crippen LogP contribution is -2.48. The fourth-order valence-electron chi connectivity index (χ4n) is 2.59. The van der Waals surface area contributed by atoms with Gasteiger partial charge in [0.15, 0.2) is 0 Å². The van der Waals surface area contributed by atoms with Gasteiger partial charge in [0.2, 0.25) is 5.91 Å². The van der Waals surface area contributed by atoms with Crippen LogP contribution in [0.25, 0.3) is 0 Å². The van der Waals surface area contributed by atoms with Crippen molar-refractivity contribution in [2.75, 3.05) is 18.4 Å². The summed E-state index contributed by atoms with van der Waals surface area (Å²) in [6, 6.07) is 8.06. The third kappa shape index (κ3) is 4.82. The molecule has 1 aliphatic heterocycles. The number of anilines is 1. The maximum absolute atomic E-state index is 12.2. The third-order valence-corrected chi connectivity index (χ3v) is 4.80. The van der Waals surface area contributed by atoms with Gasteiger partial charge < -0.3 is 10.6 Å². The molecule has 1 aromatic heterocycles. The zero-order valence-corrected chi connectivity index (χ0v) is 15.9. The second kappa shape index (κ2) is 8.65. The van der Waals surface area contributed by atoms with Crippen molar-refractivity contribution in [2.45, 2.75) is 19.9 Å². The molecule has 3 rings (SSSR count). The van der Waals surface area contributed by atoms with Crippen molar-refractivity contribution in [3.63, 3.8) is 0 Å². The Morgan fingerprint density at radius 3 is 2.67 bits per heavy atom. The molecule has 1 saturated heterocycles. The maximum atomic E-state index is 12.2. The minimum atomic E-state index is 0. The van der Waals surface area contributed by atoms with Crippen LogP contribution in [0.2, 0.25) is 0 Å². The van der Waals surface area contributed by atoms with Crippen LogP contribution in [0.15, 0.2) is 41.1 Å². The summed E-state index contributed by atoms with van der Waals surface area (Å²) in [5.41, 5.74) is 2.09. The quantitative estimate of drug-likeness (QED) is 0.765. The van der Waals surface area contributed by atoms with E-state index in [1.54, 1.807) is 6.20 Å². The summed E-state index contributed by atoms with van der Waals surface area (Å²) < 4.78 is 2.90. The van der Waals surface area contributed by atoms with Gasteiger partial charge in [0, 0.05) is 24.3 Å². The van der Waals surface area contributed by atoms with Gasteiger partial charge >= 0.3 is 0 Å². The molecule has 2 aromatic rings. The van der Waals surface area contributed by atoms with E-state index in [-0.39, 0.29) is 24.2 Å². The van der Waals surface area contributed by atoms with Gasteiger partial charge in [-0.05, 0) is 59.1 Å². The van der Waals surface area contributed by atoms with E-state index in [1.807, 2.05) is 29.9 Å². The number of rotatable bonds is 6. The van der Waals surface area contributed by atoms with Crippen LogP contribution >= 0.6 is 28.3 Å². The molecule has 2 N–H and O–H groups in total. The summed E-state index contributed by atoms with van der Waals surface area (Å²) >= 11 is 3.39. The first-order valence-electron chi connectivity index (χ1n) is 7.90. The normalized spacial score (nSPS) is 15.2. The molecular formula is C17H22BrClN4O. The highest BCUT2D eigenvalue weighted by Crippen LogP contribution is 2.19. The van der Waals surface area contributed by atoms with Crippen LogP contribution < -0.4 is 10.6 Å². The zero-order chi connectivity index (χ0) is 16.2. The molecule has 1 aromatic carbocycles. The summed E-state index contributed by atoms with van der Waals surface area (Å²) in [5, 5.41) is 10.5. The molecule has 0 bridgehead atoms. The number of nitrogens with zero attached hydrogens (tertiary/aromatic N) is 2. The molecule has 1 fully saturated rings. The van der Waals surface area contributed by atoms with Crippen molar-refractivity contribution in [3.8, 4) is 0 Å². The highest BCUT2D eigenvalue weighted by atomic mass is 79.9. The van der Waals surface area contributed by atoms with Crippen LogP contribution in [0.1, 0.15) is 12.5 Å². The van der Waals surface area contributed by atoms with Crippen LogP contribution in [-0.4, -0.2) is 28.8 Å². The van der Waals surface area contributed by atoms with E-state index in [1.165, 1.54) is 5.56 Å². The van der Waals surface area contributed by atoms with E-state index in [0.29, 0.717) is 5.92 Å². The number of aromatic nitrogens is 2. The second-order valence-corrected chi connectivity index (χ2v) is 6.98. The largest absolute Gasteiger partial charge is 0.326 e. The van der Waals surface area contributed by atoms with Crippen molar-refractivity contribution >= 4 is 39.9 Å². The Labute approximate surface area is 156 Å². The summed E-state index contributed by atoms with van der Waals surface area (Å²) in [4.78, 5) is 12.2. The molecule has 1 atom stereocenters. The molecule has 1 amide bonds. The Morgan fingerprint density at radius 1 is 1.42 bits per heavy atom. The van der Waals surface area contributed by atoms with E-state index < -0.39 is 0 Å². The van der Waals surface area contributed by atoms with Gasteiger partial charge in [0.1, 0.15) is 0 Å². The SMILES string of the molecule is CC(C(=O)Nc1ccc(CCn2cc(Br)cn2)cc1)C1CNC1.Cl. The molecule has 0 aliphatic carbocycles. The van der Waals surface area contributed by atoms with E-state index >= 15 is 0 Å². The van der Waals surface area contributed by atoms with Crippen molar-refractivity contribution < 1.29 is 4.79 Å². The first-order chi connectivity index (χ1) is 11.1. The molecule has 1 unspecified atom stereocenters. The number of hydrogen-bond donors (Lipinski definition) is 2. The molecule has 5 nitrogen and oxygen atoms in total. The van der Waals surface area contributed by atoms with E-state index in [0.717, 1.165) is 36.2 Å². The highest BCUT2D eigenvalue weighted by Gasteiger charge is 2.28. The van der Waals surface area contributed by atoms with Crippen LogP contribution in [0.3, 0.4) is 0 Å². The number of amides is 1. The first kappa shape index (κ1) is 19.0. The van der Waals surface area contributed by atoms with Gasteiger partial charge in [0.25, 0.3) is 0 Å². The fourth-order valence-corrected chi connectivity index (χ4v) is 2.92.